The number of hydrogen-bond donors (Lipinski definition) is 3. The number of rotatable bonds is 6. The van der Waals surface area contributed by atoms with Crippen molar-refractivity contribution in [2.75, 3.05) is 0 Å². The molecule has 0 spiro atoms. The van der Waals surface area contributed by atoms with Gasteiger partial charge in [0.2, 0.25) is 5.91 Å². The largest absolute Gasteiger partial charge is 0.465 e. The van der Waals surface area contributed by atoms with Crippen molar-refractivity contribution in [2.45, 2.75) is 31.1 Å². The number of benzene rings is 2. The van der Waals surface area contributed by atoms with Crippen LogP contribution < -0.4 is 10.6 Å². The zero-order chi connectivity index (χ0) is 26.6. The zero-order valence-electron chi connectivity index (χ0n) is 17.1. The van der Waals surface area contributed by atoms with Crippen molar-refractivity contribution >= 4 is 18.1 Å². The average Bonchev–Trinajstić information content (AvgIpc) is 2.72. The van der Waals surface area contributed by atoms with Gasteiger partial charge in [-0.3, -0.25) is 4.79 Å². The third-order valence-electron chi connectivity index (χ3n) is 4.46. The van der Waals surface area contributed by atoms with Gasteiger partial charge in [-0.1, -0.05) is 24.3 Å². The first-order valence-electron chi connectivity index (χ1n) is 9.38. The Morgan fingerprint density at radius 1 is 0.914 bits per heavy atom. The minimum absolute atomic E-state index is 0.224. The molecule has 190 valence electrons. The van der Waals surface area contributed by atoms with Gasteiger partial charge >= 0.3 is 24.6 Å². The van der Waals surface area contributed by atoms with Crippen LogP contribution in [0.3, 0.4) is 0 Å². The molecule has 2 aromatic rings. The summed E-state index contributed by atoms with van der Waals surface area (Å²) in [5.41, 5.74) is -4.21. The summed E-state index contributed by atoms with van der Waals surface area (Å²) in [5, 5.41) is 11.8. The minimum atomic E-state index is -5.18. The second-order valence-corrected chi connectivity index (χ2v) is 7.01. The molecule has 14 heteroatoms. The smallest absolute Gasteiger partial charge is 0.416 e. The summed E-state index contributed by atoms with van der Waals surface area (Å²) < 4.78 is 119. The monoisotopic (exact) mass is 514 g/mol. The summed E-state index contributed by atoms with van der Waals surface area (Å²) in [4.78, 5) is 22.6. The molecule has 0 radical (unpaired) electrons. The van der Waals surface area contributed by atoms with Gasteiger partial charge in [0.25, 0.3) is 0 Å². The number of nitrogens with one attached hydrogen (secondary N) is 2. The van der Waals surface area contributed by atoms with E-state index in [0.717, 1.165) is 30.3 Å². The molecule has 0 aliphatic carbocycles. The van der Waals surface area contributed by atoms with Crippen LogP contribution in [-0.4, -0.2) is 23.3 Å². The molecule has 0 bridgehead atoms. The van der Waals surface area contributed by atoms with Crippen LogP contribution in [0.1, 0.15) is 33.9 Å². The van der Waals surface area contributed by atoms with Gasteiger partial charge in [0.15, 0.2) is 6.04 Å². The molecular formula is C21H15F9N2O3. The van der Waals surface area contributed by atoms with Crippen molar-refractivity contribution in [3.8, 4) is 0 Å². The van der Waals surface area contributed by atoms with E-state index in [1.165, 1.54) is 5.32 Å². The minimum Gasteiger partial charge on any atom is -0.465 e. The Kier molecular flexibility index (Phi) is 8.08. The molecule has 1 atom stereocenters. The number of alkyl halides is 9. The first-order chi connectivity index (χ1) is 16.0. The number of halogens is 9. The quantitative estimate of drug-likeness (QED) is 0.331. The van der Waals surface area contributed by atoms with Crippen LogP contribution in [0, 0.1) is 0 Å². The van der Waals surface area contributed by atoms with Gasteiger partial charge in [0.1, 0.15) is 0 Å². The fourth-order valence-electron chi connectivity index (χ4n) is 2.90. The predicted molar refractivity (Wildman–Crippen MR) is 104 cm³/mol. The highest BCUT2D eigenvalue weighted by atomic mass is 19.4. The number of hydrogen-bond acceptors (Lipinski definition) is 2. The van der Waals surface area contributed by atoms with Crippen LogP contribution in [0.4, 0.5) is 44.3 Å². The Hall–Kier alpha value is -3.71. The van der Waals surface area contributed by atoms with Crippen molar-refractivity contribution in [1.82, 2.24) is 10.6 Å². The third-order valence-corrected chi connectivity index (χ3v) is 4.46. The van der Waals surface area contributed by atoms with Crippen LogP contribution >= 0.6 is 0 Å². The Bertz CT molecular complexity index is 1110. The van der Waals surface area contributed by atoms with Gasteiger partial charge in [-0.05, 0) is 41.0 Å². The molecule has 0 fully saturated rings. The van der Waals surface area contributed by atoms with E-state index >= 15 is 0 Å². The summed E-state index contributed by atoms with van der Waals surface area (Å²) in [5.74, 6) is -1.44. The topological polar surface area (TPSA) is 78.4 Å². The molecule has 0 aliphatic rings. The Labute approximate surface area is 191 Å². The van der Waals surface area contributed by atoms with Crippen LogP contribution in [-0.2, 0) is 23.7 Å². The summed E-state index contributed by atoms with van der Waals surface area (Å²) in [7, 11) is 0. The molecule has 5 nitrogen and oxygen atoms in total. The van der Waals surface area contributed by atoms with Gasteiger partial charge in [0.05, 0.1) is 11.1 Å². The van der Waals surface area contributed by atoms with E-state index in [4.69, 9.17) is 5.11 Å². The van der Waals surface area contributed by atoms with Crippen molar-refractivity contribution in [3.63, 3.8) is 0 Å². The normalized spacial score (nSPS) is 13.5. The Balaban J connectivity index is 2.28. The highest BCUT2D eigenvalue weighted by molar-refractivity contribution is 5.92. The third kappa shape index (κ3) is 7.93. The fraction of sp³-hybridized carbons (Fsp3) is 0.238. The van der Waals surface area contributed by atoms with Crippen molar-refractivity contribution in [2.24, 2.45) is 0 Å². The van der Waals surface area contributed by atoms with E-state index in [-0.39, 0.29) is 11.6 Å². The number of carbonyl (C=O) groups excluding carboxylic acids is 1. The lowest BCUT2D eigenvalue weighted by molar-refractivity contribution is -0.162. The van der Waals surface area contributed by atoms with Crippen molar-refractivity contribution in [1.29, 1.82) is 0 Å². The molecular weight excluding hydrogens is 499 g/mol. The SMILES string of the molecule is O=C(O)NCc1ccc(/C=C/C(=O)NC(c2cccc(C(F)(F)F)c2)C(F)(F)F)cc1C(F)(F)F. The van der Waals surface area contributed by atoms with Crippen LogP contribution in [0.25, 0.3) is 6.08 Å². The number of carboxylic acid groups (broad SMARTS) is 1. The highest BCUT2D eigenvalue weighted by Gasteiger charge is 2.42. The van der Waals surface area contributed by atoms with Crippen LogP contribution in [0.5, 0.6) is 0 Å². The first kappa shape index (κ1) is 27.5. The maximum atomic E-state index is 13.4. The molecule has 2 rings (SSSR count). The Morgan fingerprint density at radius 3 is 2.11 bits per heavy atom. The van der Waals surface area contributed by atoms with Crippen molar-refractivity contribution < 1.29 is 54.2 Å². The lowest BCUT2D eigenvalue weighted by atomic mass is 10.0. The van der Waals surface area contributed by atoms with Gasteiger partial charge in [-0.2, -0.15) is 39.5 Å². The molecule has 0 aliphatic heterocycles. The standard InChI is InChI=1S/C21H15F9N2O3/c22-19(23,24)14-3-1-2-12(9-14)17(21(28,29)30)32-16(33)7-5-11-4-6-13(10-31-18(34)35)15(8-11)20(25,26)27/h1-9,17,31H,10H2,(H,32,33)(H,34,35)/b7-5+. The number of carbonyl (C=O) groups is 2. The molecule has 3 N–H and O–H groups in total. The lowest BCUT2D eigenvalue weighted by Gasteiger charge is -2.22. The summed E-state index contributed by atoms with van der Waals surface area (Å²) >= 11 is 0. The summed E-state index contributed by atoms with van der Waals surface area (Å²) in [6.45, 7) is -0.682. The van der Waals surface area contributed by atoms with E-state index < -0.39 is 65.4 Å². The second kappa shape index (κ2) is 10.3. The van der Waals surface area contributed by atoms with Gasteiger partial charge in [-0.25, -0.2) is 4.79 Å². The molecule has 2 amide bonds. The highest BCUT2D eigenvalue weighted by Crippen LogP contribution is 2.36. The van der Waals surface area contributed by atoms with E-state index in [9.17, 15) is 49.1 Å². The van der Waals surface area contributed by atoms with Gasteiger partial charge in [0, 0.05) is 12.6 Å². The Morgan fingerprint density at radius 2 is 1.57 bits per heavy atom. The second-order valence-electron chi connectivity index (χ2n) is 7.01. The van der Waals surface area contributed by atoms with E-state index in [1.807, 2.05) is 0 Å². The zero-order valence-corrected chi connectivity index (χ0v) is 17.1. The lowest BCUT2D eigenvalue weighted by Crippen LogP contribution is -2.37. The molecule has 0 heterocycles. The van der Waals surface area contributed by atoms with Crippen LogP contribution in [0.2, 0.25) is 0 Å². The summed E-state index contributed by atoms with van der Waals surface area (Å²) in [6, 6.07) is 1.95. The molecule has 1 unspecified atom stereocenters. The predicted octanol–water partition coefficient (Wildman–Crippen LogP) is 5.92. The molecule has 0 saturated heterocycles. The molecule has 0 aromatic heterocycles. The fourth-order valence-corrected chi connectivity index (χ4v) is 2.90. The summed E-state index contributed by atoms with van der Waals surface area (Å²) in [6.07, 6.45) is -15.4. The number of amides is 2. The first-order valence-corrected chi connectivity index (χ1v) is 9.38. The van der Waals surface area contributed by atoms with Crippen molar-refractivity contribution in [3.05, 3.63) is 76.4 Å². The maximum absolute atomic E-state index is 13.4. The van der Waals surface area contributed by atoms with Gasteiger partial charge in [-0.15, -0.1) is 0 Å². The van der Waals surface area contributed by atoms with E-state index in [0.29, 0.717) is 18.2 Å². The van der Waals surface area contributed by atoms with E-state index in [1.54, 1.807) is 5.32 Å². The van der Waals surface area contributed by atoms with E-state index in [2.05, 4.69) is 0 Å². The molecule has 35 heavy (non-hydrogen) atoms. The maximum Gasteiger partial charge on any atom is 0.416 e. The van der Waals surface area contributed by atoms with Crippen LogP contribution in [0.15, 0.2) is 48.5 Å². The van der Waals surface area contributed by atoms with Gasteiger partial charge < -0.3 is 15.7 Å². The molecule has 2 aromatic carbocycles. The molecule has 0 saturated carbocycles. The average molecular weight is 514 g/mol.